The predicted octanol–water partition coefficient (Wildman–Crippen LogP) is 1.84. The summed E-state index contributed by atoms with van der Waals surface area (Å²) in [6.07, 6.45) is 2.45. The minimum Gasteiger partial charge on any atom is -0.496 e. The molecule has 1 aromatic heterocycles. The molecule has 0 spiro atoms. The Kier molecular flexibility index (Phi) is 6.14. The molecule has 1 saturated heterocycles. The van der Waals surface area contributed by atoms with E-state index in [-0.39, 0.29) is 12.0 Å². The van der Waals surface area contributed by atoms with Crippen molar-refractivity contribution >= 4 is 12.1 Å². The molecule has 1 amide bonds. The van der Waals surface area contributed by atoms with Gasteiger partial charge in [0.2, 0.25) is 0 Å². The van der Waals surface area contributed by atoms with E-state index >= 15 is 0 Å². The first-order valence-corrected chi connectivity index (χ1v) is 10.3. The Labute approximate surface area is 180 Å². The fourth-order valence-corrected chi connectivity index (χ4v) is 4.66. The van der Waals surface area contributed by atoms with Crippen LogP contribution in [0.1, 0.15) is 35.6 Å². The molecule has 2 bridgehead atoms. The van der Waals surface area contributed by atoms with Crippen LogP contribution in [0.5, 0.6) is 5.75 Å². The minimum atomic E-state index is -0.438. The van der Waals surface area contributed by atoms with Gasteiger partial charge in [0, 0.05) is 49.4 Å². The van der Waals surface area contributed by atoms with Crippen molar-refractivity contribution < 1.29 is 9.53 Å². The van der Waals surface area contributed by atoms with Crippen molar-refractivity contribution in [3.8, 4) is 11.8 Å². The first kappa shape index (κ1) is 20.8. The van der Waals surface area contributed by atoms with Gasteiger partial charge in [-0.25, -0.2) is 5.43 Å². The van der Waals surface area contributed by atoms with Crippen molar-refractivity contribution in [2.75, 3.05) is 20.2 Å². The molecule has 1 N–H and O–H groups in total. The third kappa shape index (κ3) is 4.67. The first-order valence-electron chi connectivity index (χ1n) is 10.3. The van der Waals surface area contributed by atoms with Gasteiger partial charge in [-0.3, -0.25) is 14.5 Å². The highest BCUT2D eigenvalue weighted by Crippen LogP contribution is 2.36. The van der Waals surface area contributed by atoms with Crippen molar-refractivity contribution in [2.45, 2.75) is 31.8 Å². The summed E-state index contributed by atoms with van der Waals surface area (Å²) in [6.45, 7) is 3.33. The summed E-state index contributed by atoms with van der Waals surface area (Å²) in [5.74, 6) is 1.18. The van der Waals surface area contributed by atoms with E-state index in [1.807, 2.05) is 28.8 Å². The highest BCUT2D eigenvalue weighted by Gasteiger charge is 2.34. The van der Waals surface area contributed by atoms with E-state index < -0.39 is 5.91 Å². The Morgan fingerprint density at radius 1 is 1.32 bits per heavy atom. The molecule has 1 aromatic carbocycles. The van der Waals surface area contributed by atoms with E-state index in [0.29, 0.717) is 11.8 Å². The molecule has 8 nitrogen and oxygen atoms in total. The van der Waals surface area contributed by atoms with Crippen molar-refractivity contribution in [3.05, 3.63) is 63.6 Å². The number of aromatic nitrogens is 1. The maximum atomic E-state index is 12.2. The van der Waals surface area contributed by atoms with Crippen LogP contribution in [0.4, 0.5) is 0 Å². The van der Waals surface area contributed by atoms with Crippen LogP contribution < -0.4 is 15.7 Å². The molecule has 2 aromatic rings. The van der Waals surface area contributed by atoms with Crippen LogP contribution in [0.25, 0.3) is 0 Å². The zero-order valence-corrected chi connectivity index (χ0v) is 17.5. The topological polar surface area (TPSA) is 99.7 Å². The van der Waals surface area contributed by atoms with E-state index in [1.54, 1.807) is 25.5 Å². The summed E-state index contributed by atoms with van der Waals surface area (Å²) in [7, 11) is 1.66. The smallest absolute Gasteiger partial charge is 0.254 e. The number of ether oxygens (including phenoxy) is 1. The van der Waals surface area contributed by atoms with Gasteiger partial charge in [-0.1, -0.05) is 6.07 Å². The number of nitrogens with zero attached hydrogens (tertiary/aromatic N) is 4. The molecular formula is C23H25N5O3. The Hall–Kier alpha value is -3.44. The number of hydrazone groups is 1. The van der Waals surface area contributed by atoms with E-state index in [4.69, 9.17) is 10.00 Å². The van der Waals surface area contributed by atoms with Crippen molar-refractivity contribution in [1.29, 1.82) is 5.26 Å². The number of carbonyl (C=O) groups excluding carboxylic acids is 1. The molecule has 160 valence electrons. The number of amides is 1. The SMILES string of the molecule is COc1ccc(/C=N\NC(=O)CC#N)cc1CN1C[C@H]2C[C@@H](C1)c1cccc(=O)n1C2. The van der Waals surface area contributed by atoms with Crippen molar-refractivity contribution in [1.82, 2.24) is 14.9 Å². The quantitative estimate of drug-likeness (QED) is 0.569. The molecule has 0 saturated carbocycles. The number of methoxy groups -OCH3 is 1. The van der Waals surface area contributed by atoms with E-state index in [0.717, 1.165) is 55.2 Å². The molecule has 2 atom stereocenters. The average Bonchev–Trinajstić information content (AvgIpc) is 2.75. The maximum absolute atomic E-state index is 12.2. The van der Waals surface area contributed by atoms with Gasteiger partial charge in [0.05, 0.1) is 19.4 Å². The predicted molar refractivity (Wildman–Crippen MR) is 116 cm³/mol. The van der Waals surface area contributed by atoms with Crippen molar-refractivity contribution in [3.63, 3.8) is 0 Å². The lowest BCUT2D eigenvalue weighted by molar-refractivity contribution is -0.120. The van der Waals surface area contributed by atoms with Gasteiger partial charge in [-0.05, 0) is 42.2 Å². The van der Waals surface area contributed by atoms with Crippen LogP contribution in [0, 0.1) is 17.2 Å². The van der Waals surface area contributed by atoms with Gasteiger partial charge < -0.3 is 9.30 Å². The highest BCUT2D eigenvalue weighted by molar-refractivity contribution is 5.83. The minimum absolute atomic E-state index is 0.0937. The summed E-state index contributed by atoms with van der Waals surface area (Å²) >= 11 is 0. The summed E-state index contributed by atoms with van der Waals surface area (Å²) in [4.78, 5) is 26.0. The maximum Gasteiger partial charge on any atom is 0.254 e. The standard InChI is InChI=1S/C23H25N5O3/c1-31-21-6-5-16(11-25-26-22(29)7-8-24)9-19(21)15-27-12-17-10-18(14-27)20-3-2-4-23(30)28(20)13-17/h2-6,9,11,17-18H,7,10,12-15H2,1H3,(H,26,29)/b25-11-/t17-,18+/m1/s1. The largest absolute Gasteiger partial charge is 0.496 e. The number of rotatable bonds is 6. The number of nitrogens with one attached hydrogen (secondary N) is 1. The molecule has 0 unspecified atom stereocenters. The van der Waals surface area contributed by atoms with Gasteiger partial charge in [0.15, 0.2) is 0 Å². The molecule has 3 heterocycles. The number of hydrogen-bond donors (Lipinski definition) is 1. The van der Waals surface area contributed by atoms with Crippen molar-refractivity contribution in [2.24, 2.45) is 11.0 Å². The molecule has 0 aliphatic carbocycles. The molecular weight excluding hydrogens is 394 g/mol. The molecule has 8 heteroatoms. The Balaban J connectivity index is 1.49. The zero-order chi connectivity index (χ0) is 21.8. The second-order valence-corrected chi connectivity index (χ2v) is 8.09. The highest BCUT2D eigenvalue weighted by atomic mass is 16.5. The number of hydrogen-bond acceptors (Lipinski definition) is 6. The van der Waals surface area contributed by atoms with Gasteiger partial charge >= 0.3 is 0 Å². The lowest BCUT2D eigenvalue weighted by Gasteiger charge is -2.42. The summed E-state index contributed by atoms with van der Waals surface area (Å²) in [5.41, 5.74) is 5.45. The third-order valence-electron chi connectivity index (χ3n) is 5.90. The summed E-state index contributed by atoms with van der Waals surface area (Å²) < 4.78 is 7.50. The normalized spacial score (nSPS) is 20.1. The van der Waals surface area contributed by atoms with Crippen LogP contribution in [0.3, 0.4) is 0 Å². The second-order valence-electron chi connectivity index (χ2n) is 8.09. The Morgan fingerprint density at radius 2 is 2.19 bits per heavy atom. The monoisotopic (exact) mass is 419 g/mol. The molecule has 1 fully saturated rings. The molecule has 2 aliphatic rings. The number of fused-ring (bicyclic) bond motifs is 4. The zero-order valence-electron chi connectivity index (χ0n) is 17.5. The number of nitriles is 1. The van der Waals surface area contributed by atoms with Gasteiger partial charge in [0.1, 0.15) is 12.2 Å². The number of piperidine rings is 1. The summed E-state index contributed by atoms with van der Waals surface area (Å²) in [6, 6.07) is 13.1. The van der Waals surface area contributed by atoms with E-state index in [1.165, 1.54) is 0 Å². The number of benzene rings is 1. The Bertz CT molecular complexity index is 1100. The lowest BCUT2D eigenvalue weighted by atomic mass is 9.83. The molecule has 0 radical (unpaired) electrons. The van der Waals surface area contributed by atoms with E-state index in [9.17, 15) is 9.59 Å². The van der Waals surface area contributed by atoms with Crippen LogP contribution >= 0.6 is 0 Å². The number of carbonyl (C=O) groups is 1. The van der Waals surface area contributed by atoms with Crippen LogP contribution in [-0.2, 0) is 17.9 Å². The average molecular weight is 419 g/mol. The van der Waals surface area contributed by atoms with Gasteiger partial charge in [0.25, 0.3) is 11.5 Å². The second kappa shape index (κ2) is 9.14. The third-order valence-corrected chi connectivity index (χ3v) is 5.90. The summed E-state index contributed by atoms with van der Waals surface area (Å²) in [5, 5.41) is 12.5. The van der Waals surface area contributed by atoms with Crippen LogP contribution in [-0.4, -0.2) is 41.8 Å². The fourth-order valence-electron chi connectivity index (χ4n) is 4.66. The fraction of sp³-hybridized carbons (Fsp3) is 0.391. The number of likely N-dealkylation sites (tertiary alicyclic amines) is 1. The van der Waals surface area contributed by atoms with E-state index in [2.05, 4.69) is 21.5 Å². The van der Waals surface area contributed by atoms with Crippen LogP contribution in [0.2, 0.25) is 0 Å². The lowest BCUT2D eigenvalue weighted by Crippen LogP contribution is -2.46. The van der Waals surface area contributed by atoms with Crippen LogP contribution in [0.15, 0.2) is 46.3 Å². The molecule has 2 aliphatic heterocycles. The molecule has 4 rings (SSSR count). The van der Waals surface area contributed by atoms with Gasteiger partial charge in [-0.2, -0.15) is 10.4 Å². The Morgan fingerprint density at radius 3 is 3.00 bits per heavy atom. The first-order chi connectivity index (χ1) is 15.1. The van der Waals surface area contributed by atoms with Gasteiger partial charge in [-0.15, -0.1) is 0 Å². The molecule has 31 heavy (non-hydrogen) atoms. The number of pyridine rings is 1.